The maximum Gasteiger partial charge on any atom is 0.278 e. The number of carbonyl (C=O) groups excluding carboxylic acids is 2. The van der Waals surface area contributed by atoms with E-state index in [1.165, 1.54) is 18.7 Å². The molecule has 12 nitrogen and oxygen atoms in total. The van der Waals surface area contributed by atoms with Gasteiger partial charge in [-0.2, -0.15) is 29.6 Å². The highest BCUT2D eigenvalue weighted by Crippen LogP contribution is 2.20. The van der Waals surface area contributed by atoms with Crippen LogP contribution >= 0.6 is 11.8 Å². The molecule has 0 fully saturated rings. The van der Waals surface area contributed by atoms with E-state index < -0.39 is 52.6 Å². The summed E-state index contributed by atoms with van der Waals surface area (Å²) in [5, 5.41) is 17.0. The number of rotatable bonds is 12. The number of hydrogen-bond donors (Lipinski definition) is 5. The summed E-state index contributed by atoms with van der Waals surface area (Å²) in [6, 6.07) is -3.21. The van der Waals surface area contributed by atoms with Crippen molar-refractivity contribution in [3.8, 4) is 0 Å². The Hall–Kier alpha value is -1.58. The molecule has 0 bridgehead atoms. The Morgan fingerprint density at radius 2 is 1.89 bits per heavy atom. The topological polar surface area (TPSA) is 204 Å². The Labute approximate surface area is 161 Å². The van der Waals surface area contributed by atoms with Gasteiger partial charge < -0.3 is 21.0 Å². The smallest absolute Gasteiger partial charge is 0.278 e. The fourth-order valence-corrected chi connectivity index (χ4v) is 3.90. The van der Waals surface area contributed by atoms with Gasteiger partial charge in [0.1, 0.15) is 17.9 Å². The summed E-state index contributed by atoms with van der Waals surface area (Å²) in [5.41, 5.74) is 11.0. The highest BCUT2D eigenvalue weighted by Gasteiger charge is 2.31. The SMILES string of the molecule is CSC[C@H](N)c1nnc([C@H](CC(N)=O)NS(=O)(=O)N[C@H](C(C)=O)C(C)O)o1. The molecule has 1 heterocycles. The van der Waals surface area contributed by atoms with Crippen molar-refractivity contribution in [3.63, 3.8) is 0 Å². The third-order valence-corrected chi connectivity index (χ3v) is 5.17. The number of carbonyl (C=O) groups is 2. The van der Waals surface area contributed by atoms with Gasteiger partial charge in [0.15, 0.2) is 0 Å². The van der Waals surface area contributed by atoms with Crippen LogP contribution in [0.25, 0.3) is 0 Å². The molecular weight excluding hydrogens is 400 g/mol. The van der Waals surface area contributed by atoms with Crippen LogP contribution in [0, 0.1) is 0 Å². The monoisotopic (exact) mass is 424 g/mol. The number of primary amides is 1. The summed E-state index contributed by atoms with van der Waals surface area (Å²) >= 11 is 1.45. The van der Waals surface area contributed by atoms with E-state index in [0.29, 0.717) is 5.75 Å². The molecule has 0 aromatic carbocycles. The molecule has 0 saturated heterocycles. The van der Waals surface area contributed by atoms with Crippen LogP contribution < -0.4 is 20.9 Å². The number of aromatic nitrogens is 2. The van der Waals surface area contributed by atoms with Crippen molar-refractivity contribution >= 4 is 33.7 Å². The average molecular weight is 425 g/mol. The fourth-order valence-electron chi connectivity index (χ4n) is 2.08. The Morgan fingerprint density at radius 3 is 2.37 bits per heavy atom. The Kier molecular flexibility index (Phi) is 8.77. The van der Waals surface area contributed by atoms with Crippen LogP contribution in [0.15, 0.2) is 4.42 Å². The highest BCUT2D eigenvalue weighted by molar-refractivity contribution is 7.98. The van der Waals surface area contributed by atoms with Gasteiger partial charge in [0, 0.05) is 5.75 Å². The van der Waals surface area contributed by atoms with Crippen molar-refractivity contribution in [1.29, 1.82) is 0 Å². The summed E-state index contributed by atoms with van der Waals surface area (Å²) in [4.78, 5) is 22.8. The van der Waals surface area contributed by atoms with Gasteiger partial charge in [0.2, 0.25) is 17.7 Å². The lowest BCUT2D eigenvalue weighted by Gasteiger charge is -2.21. The molecule has 4 atom stereocenters. The fraction of sp³-hybridized carbons (Fsp3) is 0.692. The van der Waals surface area contributed by atoms with Crippen molar-refractivity contribution < 1.29 is 27.5 Å². The second kappa shape index (κ2) is 10.1. The van der Waals surface area contributed by atoms with E-state index >= 15 is 0 Å². The molecule has 154 valence electrons. The van der Waals surface area contributed by atoms with Crippen LogP contribution in [0.5, 0.6) is 0 Å². The predicted octanol–water partition coefficient (Wildman–Crippen LogP) is -1.89. The minimum Gasteiger partial charge on any atom is -0.422 e. The normalized spacial score (nSPS) is 16.5. The number of ketones is 1. The summed E-state index contributed by atoms with van der Waals surface area (Å²) in [5.74, 6) is -1.06. The number of nitrogens with zero attached hydrogens (tertiary/aromatic N) is 2. The van der Waals surface area contributed by atoms with Crippen molar-refractivity contribution in [3.05, 3.63) is 11.8 Å². The number of thioether (sulfide) groups is 1. The molecule has 14 heteroatoms. The lowest BCUT2D eigenvalue weighted by molar-refractivity contribution is -0.121. The van der Waals surface area contributed by atoms with E-state index in [4.69, 9.17) is 15.9 Å². The minimum atomic E-state index is -4.34. The molecule has 0 spiro atoms. The third-order valence-electron chi connectivity index (χ3n) is 3.32. The first-order chi connectivity index (χ1) is 12.5. The number of Topliss-reactive ketones (excluding diaryl/α,β-unsaturated/α-hetero) is 1. The molecule has 0 radical (unpaired) electrons. The van der Waals surface area contributed by atoms with Crippen molar-refractivity contribution in [2.75, 3.05) is 12.0 Å². The van der Waals surface area contributed by atoms with Crippen molar-refractivity contribution in [2.45, 2.75) is 44.5 Å². The molecule has 1 unspecified atom stereocenters. The number of nitrogens with one attached hydrogen (secondary N) is 2. The zero-order valence-electron chi connectivity index (χ0n) is 15.1. The maximum absolute atomic E-state index is 12.3. The number of nitrogens with two attached hydrogens (primary N) is 2. The molecular formula is C13H24N6O6S2. The standard InChI is InChI=1S/C13H24N6O6S2/c1-6(20)11(7(2)21)19-27(23,24)18-9(4-10(15)22)13-17-16-12(25-13)8(14)5-26-3/h6,8-9,11,18-20H,4-5,14H2,1-3H3,(H2,15,22)/t6?,8-,9-,11-/m0/s1. The number of amides is 1. The van der Waals surface area contributed by atoms with Crippen LogP contribution in [0.2, 0.25) is 0 Å². The van der Waals surface area contributed by atoms with Gasteiger partial charge in [0.05, 0.1) is 18.6 Å². The second-order valence-electron chi connectivity index (χ2n) is 5.83. The summed E-state index contributed by atoms with van der Waals surface area (Å²) < 4.78 is 34.1. The Bertz CT molecular complexity index is 752. The van der Waals surface area contributed by atoms with Gasteiger partial charge >= 0.3 is 0 Å². The second-order valence-corrected chi connectivity index (χ2v) is 8.22. The minimum absolute atomic E-state index is 0.0755. The van der Waals surface area contributed by atoms with Crippen LogP contribution in [0.1, 0.15) is 44.1 Å². The van der Waals surface area contributed by atoms with Gasteiger partial charge in [0.25, 0.3) is 10.2 Å². The zero-order valence-corrected chi connectivity index (χ0v) is 16.7. The van der Waals surface area contributed by atoms with E-state index in [1.54, 1.807) is 0 Å². The van der Waals surface area contributed by atoms with E-state index in [1.807, 2.05) is 11.0 Å². The van der Waals surface area contributed by atoms with Gasteiger partial charge in [-0.25, -0.2) is 0 Å². The molecule has 0 saturated carbocycles. The van der Waals surface area contributed by atoms with Crippen LogP contribution in [-0.2, 0) is 19.8 Å². The zero-order chi connectivity index (χ0) is 20.8. The molecule has 1 aromatic rings. The Balaban J connectivity index is 3.04. The van der Waals surface area contributed by atoms with Gasteiger partial charge in [-0.05, 0) is 20.1 Å². The lowest BCUT2D eigenvalue weighted by atomic mass is 10.1. The predicted molar refractivity (Wildman–Crippen MR) is 97.5 cm³/mol. The first-order valence-corrected chi connectivity index (χ1v) is 10.7. The van der Waals surface area contributed by atoms with Gasteiger partial charge in [-0.1, -0.05) is 0 Å². The van der Waals surface area contributed by atoms with Gasteiger partial charge in [-0.15, -0.1) is 10.2 Å². The van der Waals surface area contributed by atoms with Crippen LogP contribution in [0.3, 0.4) is 0 Å². The van der Waals surface area contributed by atoms with E-state index in [-0.39, 0.29) is 11.8 Å². The van der Waals surface area contributed by atoms with Crippen molar-refractivity contribution in [2.24, 2.45) is 11.5 Å². The summed E-state index contributed by atoms with van der Waals surface area (Å²) in [6.45, 7) is 2.38. The number of hydrogen-bond acceptors (Lipinski definition) is 10. The average Bonchev–Trinajstić information content (AvgIpc) is 3.01. The molecule has 1 amide bonds. The maximum atomic E-state index is 12.3. The molecule has 0 aliphatic carbocycles. The van der Waals surface area contributed by atoms with Gasteiger partial charge in [-0.3, -0.25) is 9.59 Å². The molecule has 1 rings (SSSR count). The van der Waals surface area contributed by atoms with Crippen LogP contribution in [0.4, 0.5) is 0 Å². The van der Waals surface area contributed by atoms with E-state index in [9.17, 15) is 23.1 Å². The lowest BCUT2D eigenvalue weighted by Crippen LogP contribution is -2.51. The number of aliphatic hydroxyl groups excluding tert-OH is 1. The quantitative estimate of drug-likeness (QED) is 0.252. The summed E-state index contributed by atoms with van der Waals surface area (Å²) in [7, 11) is -4.34. The Morgan fingerprint density at radius 1 is 1.30 bits per heavy atom. The molecule has 1 aromatic heterocycles. The summed E-state index contributed by atoms with van der Waals surface area (Å²) in [6.07, 6.45) is 0.0911. The largest absolute Gasteiger partial charge is 0.422 e. The first-order valence-electron chi connectivity index (χ1n) is 7.81. The van der Waals surface area contributed by atoms with E-state index in [2.05, 4.69) is 14.9 Å². The molecule has 0 aliphatic heterocycles. The highest BCUT2D eigenvalue weighted by atomic mass is 32.2. The number of aliphatic hydroxyl groups is 1. The molecule has 0 aliphatic rings. The first kappa shape index (κ1) is 23.5. The van der Waals surface area contributed by atoms with E-state index in [0.717, 1.165) is 6.92 Å². The molecule has 7 N–H and O–H groups in total. The molecule has 27 heavy (non-hydrogen) atoms. The van der Waals surface area contributed by atoms with Crippen molar-refractivity contribution in [1.82, 2.24) is 19.6 Å². The third kappa shape index (κ3) is 7.51. The van der Waals surface area contributed by atoms with Crippen LogP contribution in [-0.4, -0.2) is 59.6 Å².